The van der Waals surface area contributed by atoms with E-state index in [1.807, 2.05) is 18.2 Å². The lowest BCUT2D eigenvalue weighted by atomic mass is 10.1. The van der Waals surface area contributed by atoms with Gasteiger partial charge in [-0.25, -0.2) is 0 Å². The minimum atomic E-state index is 0.163. The summed E-state index contributed by atoms with van der Waals surface area (Å²) in [6.45, 7) is 3.54. The summed E-state index contributed by atoms with van der Waals surface area (Å²) < 4.78 is 5.97. The SMILES string of the molecule is C=CCC(=O)Cc1ccc(OC)cc1Br. The number of carbonyl (C=O) groups excluding carboxylic acids is 1. The average Bonchev–Trinajstić information content (AvgIpc) is 2.21. The molecule has 0 saturated heterocycles. The van der Waals surface area contributed by atoms with Crippen LogP contribution >= 0.6 is 15.9 Å². The Hall–Kier alpha value is -1.09. The third-order valence-electron chi connectivity index (χ3n) is 2.02. The molecule has 0 heterocycles. The molecule has 0 bridgehead atoms. The summed E-state index contributed by atoms with van der Waals surface area (Å²) in [6, 6.07) is 5.60. The van der Waals surface area contributed by atoms with Crippen LogP contribution in [0.15, 0.2) is 35.3 Å². The maximum Gasteiger partial charge on any atom is 0.141 e. The monoisotopic (exact) mass is 268 g/mol. The first-order chi connectivity index (χ1) is 7.17. The van der Waals surface area contributed by atoms with Crippen molar-refractivity contribution in [2.45, 2.75) is 12.8 Å². The van der Waals surface area contributed by atoms with Gasteiger partial charge in [0.1, 0.15) is 11.5 Å². The van der Waals surface area contributed by atoms with Gasteiger partial charge in [0.15, 0.2) is 0 Å². The molecule has 0 amide bonds. The Morgan fingerprint density at radius 3 is 2.87 bits per heavy atom. The maximum atomic E-state index is 11.4. The van der Waals surface area contributed by atoms with Crippen molar-refractivity contribution < 1.29 is 9.53 Å². The zero-order valence-corrected chi connectivity index (χ0v) is 10.2. The molecule has 0 aliphatic rings. The quantitative estimate of drug-likeness (QED) is 0.767. The van der Waals surface area contributed by atoms with E-state index < -0.39 is 0 Å². The number of rotatable bonds is 5. The molecule has 0 fully saturated rings. The summed E-state index contributed by atoms with van der Waals surface area (Å²) in [5, 5.41) is 0. The van der Waals surface area contributed by atoms with Crippen molar-refractivity contribution in [3.63, 3.8) is 0 Å². The first-order valence-corrected chi connectivity index (χ1v) is 5.41. The van der Waals surface area contributed by atoms with E-state index in [-0.39, 0.29) is 5.78 Å². The molecule has 0 saturated carbocycles. The lowest BCUT2D eigenvalue weighted by Crippen LogP contribution is -2.01. The number of ether oxygens (including phenoxy) is 1. The summed E-state index contributed by atoms with van der Waals surface area (Å²) in [6.07, 6.45) is 2.47. The number of Topliss-reactive ketones (excluding diaryl/α,β-unsaturated/α-hetero) is 1. The molecule has 3 heteroatoms. The highest BCUT2D eigenvalue weighted by Crippen LogP contribution is 2.23. The summed E-state index contributed by atoms with van der Waals surface area (Å²) in [4.78, 5) is 11.4. The van der Waals surface area contributed by atoms with E-state index in [1.54, 1.807) is 13.2 Å². The van der Waals surface area contributed by atoms with E-state index in [2.05, 4.69) is 22.5 Å². The fraction of sp³-hybridized carbons (Fsp3) is 0.250. The van der Waals surface area contributed by atoms with E-state index in [4.69, 9.17) is 4.74 Å². The number of hydrogen-bond donors (Lipinski definition) is 0. The van der Waals surface area contributed by atoms with Crippen LogP contribution in [0.2, 0.25) is 0 Å². The molecule has 0 N–H and O–H groups in total. The van der Waals surface area contributed by atoms with Crippen molar-refractivity contribution in [2.75, 3.05) is 7.11 Å². The topological polar surface area (TPSA) is 26.3 Å². The van der Waals surface area contributed by atoms with Crippen molar-refractivity contribution in [1.29, 1.82) is 0 Å². The van der Waals surface area contributed by atoms with E-state index in [0.29, 0.717) is 12.8 Å². The first-order valence-electron chi connectivity index (χ1n) is 4.62. The van der Waals surface area contributed by atoms with Crippen LogP contribution < -0.4 is 4.74 Å². The number of halogens is 1. The van der Waals surface area contributed by atoms with E-state index >= 15 is 0 Å². The summed E-state index contributed by atoms with van der Waals surface area (Å²) in [5.74, 6) is 0.942. The summed E-state index contributed by atoms with van der Waals surface area (Å²) >= 11 is 3.41. The van der Waals surface area contributed by atoms with Gasteiger partial charge in [0.2, 0.25) is 0 Å². The highest BCUT2D eigenvalue weighted by molar-refractivity contribution is 9.10. The zero-order chi connectivity index (χ0) is 11.3. The highest BCUT2D eigenvalue weighted by Gasteiger charge is 2.06. The second kappa shape index (κ2) is 5.71. The molecule has 0 spiro atoms. The lowest BCUT2D eigenvalue weighted by Gasteiger charge is -2.05. The molecule has 0 aromatic heterocycles. The number of allylic oxidation sites excluding steroid dienone is 1. The number of carbonyl (C=O) groups is 1. The number of ketones is 1. The van der Waals surface area contributed by atoms with Crippen molar-refractivity contribution >= 4 is 21.7 Å². The van der Waals surface area contributed by atoms with Crippen LogP contribution in [0.3, 0.4) is 0 Å². The van der Waals surface area contributed by atoms with E-state index in [9.17, 15) is 4.79 Å². The Kier molecular flexibility index (Phi) is 4.56. The molecule has 0 unspecified atom stereocenters. The van der Waals surface area contributed by atoms with Gasteiger partial charge < -0.3 is 4.74 Å². The van der Waals surface area contributed by atoms with Crippen molar-refractivity contribution in [3.05, 3.63) is 40.9 Å². The normalized spacial score (nSPS) is 9.73. The third-order valence-corrected chi connectivity index (χ3v) is 2.76. The minimum Gasteiger partial charge on any atom is -0.497 e. The van der Waals surface area contributed by atoms with Crippen LogP contribution in [-0.4, -0.2) is 12.9 Å². The van der Waals surface area contributed by atoms with Gasteiger partial charge in [0.25, 0.3) is 0 Å². The molecule has 1 aromatic carbocycles. The van der Waals surface area contributed by atoms with Gasteiger partial charge in [-0.05, 0) is 17.7 Å². The van der Waals surface area contributed by atoms with Gasteiger partial charge in [-0.15, -0.1) is 6.58 Å². The van der Waals surface area contributed by atoms with Gasteiger partial charge >= 0.3 is 0 Å². The average molecular weight is 269 g/mol. The molecule has 0 atom stereocenters. The molecule has 15 heavy (non-hydrogen) atoms. The molecule has 80 valence electrons. The second-order valence-corrected chi connectivity index (χ2v) is 4.02. The predicted octanol–water partition coefficient (Wildman–Crippen LogP) is 3.15. The number of benzene rings is 1. The Morgan fingerprint density at radius 2 is 2.33 bits per heavy atom. The number of hydrogen-bond acceptors (Lipinski definition) is 2. The van der Waals surface area contributed by atoms with Gasteiger partial charge in [-0.3, -0.25) is 4.79 Å². The van der Waals surface area contributed by atoms with Crippen LogP contribution in [0.1, 0.15) is 12.0 Å². The fourth-order valence-electron chi connectivity index (χ4n) is 1.24. The second-order valence-electron chi connectivity index (χ2n) is 3.17. The predicted molar refractivity (Wildman–Crippen MR) is 64.2 cm³/mol. The fourth-order valence-corrected chi connectivity index (χ4v) is 1.74. The van der Waals surface area contributed by atoms with Crippen LogP contribution in [0.25, 0.3) is 0 Å². The third kappa shape index (κ3) is 3.51. The first kappa shape index (κ1) is 12.0. The van der Waals surface area contributed by atoms with Crippen LogP contribution in [0.5, 0.6) is 5.75 Å². The largest absolute Gasteiger partial charge is 0.497 e. The lowest BCUT2D eigenvalue weighted by molar-refractivity contribution is -0.117. The summed E-state index contributed by atoms with van der Waals surface area (Å²) in [5.41, 5.74) is 0.975. The molecule has 1 rings (SSSR count). The van der Waals surface area contributed by atoms with E-state index in [1.165, 1.54) is 0 Å². The van der Waals surface area contributed by atoms with Gasteiger partial charge in [0, 0.05) is 17.3 Å². The van der Waals surface area contributed by atoms with Gasteiger partial charge in [0.05, 0.1) is 7.11 Å². The molecule has 0 aliphatic carbocycles. The Labute approximate surface area is 98.1 Å². The summed E-state index contributed by atoms with van der Waals surface area (Å²) in [7, 11) is 1.62. The van der Waals surface area contributed by atoms with Crippen LogP contribution in [0.4, 0.5) is 0 Å². The van der Waals surface area contributed by atoms with Crippen molar-refractivity contribution in [1.82, 2.24) is 0 Å². The molecule has 0 radical (unpaired) electrons. The van der Waals surface area contributed by atoms with E-state index in [0.717, 1.165) is 15.8 Å². The van der Waals surface area contributed by atoms with Crippen LogP contribution in [0, 0.1) is 0 Å². The maximum absolute atomic E-state index is 11.4. The molecular weight excluding hydrogens is 256 g/mol. The zero-order valence-electron chi connectivity index (χ0n) is 8.63. The number of methoxy groups -OCH3 is 1. The Bertz CT molecular complexity index is 372. The molecular formula is C12H13BrO2. The van der Waals surface area contributed by atoms with Crippen molar-refractivity contribution in [2.24, 2.45) is 0 Å². The minimum absolute atomic E-state index is 0.163. The Balaban J connectivity index is 2.77. The van der Waals surface area contributed by atoms with Gasteiger partial charge in [-0.2, -0.15) is 0 Å². The molecule has 2 nitrogen and oxygen atoms in total. The van der Waals surface area contributed by atoms with Gasteiger partial charge in [-0.1, -0.05) is 28.1 Å². The highest BCUT2D eigenvalue weighted by atomic mass is 79.9. The molecule has 1 aromatic rings. The van der Waals surface area contributed by atoms with Crippen LogP contribution in [-0.2, 0) is 11.2 Å². The standard InChI is InChI=1S/C12H13BrO2/c1-3-4-10(14)7-9-5-6-11(15-2)8-12(9)13/h3,5-6,8H,1,4,7H2,2H3. The molecule has 0 aliphatic heterocycles. The smallest absolute Gasteiger partial charge is 0.141 e. The van der Waals surface area contributed by atoms with Crippen molar-refractivity contribution in [3.8, 4) is 5.75 Å². The Morgan fingerprint density at radius 1 is 1.60 bits per heavy atom.